The number of rotatable bonds is 4. The fraction of sp³-hybridized carbons (Fsp3) is 0.333. The number of halogens is 1. The molecule has 0 fully saturated rings. The van der Waals surface area contributed by atoms with E-state index < -0.39 is 0 Å². The van der Waals surface area contributed by atoms with Crippen LogP contribution in [0.1, 0.15) is 35.3 Å². The Kier molecular flexibility index (Phi) is 4.58. The van der Waals surface area contributed by atoms with Gasteiger partial charge >= 0.3 is 0 Å². The second-order valence-corrected chi connectivity index (χ2v) is 7.33. The molecule has 0 aliphatic heterocycles. The van der Waals surface area contributed by atoms with Gasteiger partial charge in [0.25, 0.3) is 0 Å². The molecule has 2 aromatic carbocycles. The van der Waals surface area contributed by atoms with Gasteiger partial charge in [0.2, 0.25) is 0 Å². The number of hydrogen-bond donors (Lipinski definition) is 1. The minimum Gasteiger partial charge on any atom is -0.327 e. The van der Waals surface area contributed by atoms with Gasteiger partial charge in [-0.2, -0.15) is 0 Å². The topological polar surface area (TPSA) is 26.0 Å². The zero-order chi connectivity index (χ0) is 14.8. The van der Waals surface area contributed by atoms with E-state index in [4.69, 9.17) is 17.3 Å². The lowest BCUT2D eigenvalue weighted by Crippen LogP contribution is -2.22. The Bertz CT molecular complexity index is 639. The number of aryl methyl sites for hydroxylation is 2. The van der Waals surface area contributed by atoms with Gasteiger partial charge in [-0.1, -0.05) is 35.9 Å². The zero-order valence-corrected chi connectivity index (χ0v) is 13.8. The van der Waals surface area contributed by atoms with Crippen LogP contribution in [0.2, 0.25) is 5.02 Å². The molecule has 2 atom stereocenters. The first-order valence-corrected chi connectivity index (χ1v) is 8.69. The normalized spacial score (nSPS) is 16.5. The van der Waals surface area contributed by atoms with Crippen molar-refractivity contribution in [3.63, 3.8) is 0 Å². The number of nitrogens with two attached hydrogens (primary N) is 1. The van der Waals surface area contributed by atoms with Crippen LogP contribution in [0.4, 0.5) is 0 Å². The van der Waals surface area contributed by atoms with Crippen molar-refractivity contribution >= 4 is 23.4 Å². The van der Waals surface area contributed by atoms with Gasteiger partial charge in [-0.05, 0) is 61.1 Å². The number of benzene rings is 2. The van der Waals surface area contributed by atoms with Gasteiger partial charge < -0.3 is 5.73 Å². The summed E-state index contributed by atoms with van der Waals surface area (Å²) >= 11 is 8.17. The highest BCUT2D eigenvalue weighted by Gasteiger charge is 2.21. The quantitative estimate of drug-likeness (QED) is 0.802. The standard InChI is InChI=1S/C18H20ClNS/c1-12(20)18(16-7-2-3-8-17(16)19)21-15-10-9-13-5-4-6-14(13)11-15/h2-3,7-12,18H,4-6,20H2,1H3. The highest BCUT2D eigenvalue weighted by Crippen LogP contribution is 2.41. The van der Waals surface area contributed by atoms with E-state index in [0.29, 0.717) is 0 Å². The van der Waals surface area contributed by atoms with Crippen LogP contribution in [0.15, 0.2) is 47.4 Å². The van der Waals surface area contributed by atoms with Crippen molar-refractivity contribution in [3.05, 3.63) is 64.2 Å². The lowest BCUT2D eigenvalue weighted by Gasteiger charge is -2.22. The van der Waals surface area contributed by atoms with Crippen LogP contribution < -0.4 is 5.73 Å². The molecule has 2 aromatic rings. The second kappa shape index (κ2) is 6.43. The van der Waals surface area contributed by atoms with Gasteiger partial charge in [0.15, 0.2) is 0 Å². The van der Waals surface area contributed by atoms with Crippen LogP contribution in [-0.4, -0.2) is 6.04 Å². The summed E-state index contributed by atoms with van der Waals surface area (Å²) in [6.45, 7) is 2.05. The predicted octanol–water partition coefficient (Wildman–Crippen LogP) is 5.01. The Hall–Kier alpha value is -0.960. The molecule has 0 bridgehead atoms. The molecule has 3 heteroatoms. The van der Waals surface area contributed by atoms with E-state index in [9.17, 15) is 0 Å². The Morgan fingerprint density at radius 3 is 2.62 bits per heavy atom. The lowest BCUT2D eigenvalue weighted by molar-refractivity contribution is 0.721. The molecular formula is C18H20ClNS. The van der Waals surface area contributed by atoms with E-state index in [1.165, 1.54) is 35.3 Å². The molecule has 0 amide bonds. The van der Waals surface area contributed by atoms with Crippen molar-refractivity contribution in [2.24, 2.45) is 5.73 Å². The predicted molar refractivity (Wildman–Crippen MR) is 92.2 cm³/mol. The van der Waals surface area contributed by atoms with E-state index in [0.717, 1.165) is 10.6 Å². The van der Waals surface area contributed by atoms with E-state index in [1.54, 1.807) is 0 Å². The van der Waals surface area contributed by atoms with Crippen molar-refractivity contribution < 1.29 is 0 Å². The van der Waals surface area contributed by atoms with Gasteiger partial charge in [-0.15, -0.1) is 11.8 Å². The van der Waals surface area contributed by atoms with Gasteiger partial charge in [-0.25, -0.2) is 0 Å². The second-order valence-electron chi connectivity index (χ2n) is 5.70. The molecule has 2 N–H and O–H groups in total. The zero-order valence-electron chi connectivity index (χ0n) is 12.2. The number of thioether (sulfide) groups is 1. The summed E-state index contributed by atoms with van der Waals surface area (Å²) in [4.78, 5) is 1.29. The van der Waals surface area contributed by atoms with E-state index in [-0.39, 0.29) is 11.3 Å². The monoisotopic (exact) mass is 317 g/mol. The van der Waals surface area contributed by atoms with E-state index in [1.807, 2.05) is 36.9 Å². The molecule has 110 valence electrons. The summed E-state index contributed by atoms with van der Waals surface area (Å²) in [6.07, 6.45) is 3.71. The van der Waals surface area contributed by atoms with Crippen LogP contribution in [0.3, 0.4) is 0 Å². The molecule has 1 nitrogen and oxygen atoms in total. The van der Waals surface area contributed by atoms with Gasteiger partial charge in [-0.3, -0.25) is 0 Å². The highest BCUT2D eigenvalue weighted by atomic mass is 35.5. The Morgan fingerprint density at radius 2 is 1.86 bits per heavy atom. The van der Waals surface area contributed by atoms with Crippen LogP contribution >= 0.6 is 23.4 Å². The fourth-order valence-electron chi connectivity index (χ4n) is 2.93. The summed E-state index contributed by atoms with van der Waals surface area (Å²) < 4.78 is 0. The van der Waals surface area contributed by atoms with Gasteiger partial charge in [0, 0.05) is 16.0 Å². The molecule has 0 aromatic heterocycles. The SMILES string of the molecule is CC(N)C(Sc1ccc2c(c1)CCC2)c1ccccc1Cl. The van der Waals surface area contributed by atoms with E-state index >= 15 is 0 Å². The summed E-state index contributed by atoms with van der Waals surface area (Å²) in [5, 5.41) is 0.978. The minimum absolute atomic E-state index is 0.0446. The maximum absolute atomic E-state index is 6.35. The van der Waals surface area contributed by atoms with Crippen LogP contribution in [0.5, 0.6) is 0 Å². The molecule has 0 heterocycles. The third-order valence-corrected chi connectivity index (χ3v) is 5.83. The molecule has 2 unspecified atom stereocenters. The summed E-state index contributed by atoms with van der Waals surface area (Å²) in [6, 6.07) is 14.9. The first-order chi connectivity index (χ1) is 10.1. The average molecular weight is 318 g/mol. The largest absolute Gasteiger partial charge is 0.327 e. The van der Waals surface area contributed by atoms with Crippen molar-refractivity contribution in [1.29, 1.82) is 0 Å². The molecule has 3 rings (SSSR count). The fourth-order valence-corrected chi connectivity index (χ4v) is 4.44. The summed E-state index contributed by atoms with van der Waals surface area (Å²) in [5.74, 6) is 0. The van der Waals surface area contributed by atoms with Crippen LogP contribution in [0.25, 0.3) is 0 Å². The third-order valence-electron chi connectivity index (χ3n) is 4.02. The first-order valence-electron chi connectivity index (χ1n) is 7.43. The molecular weight excluding hydrogens is 298 g/mol. The average Bonchev–Trinajstić information content (AvgIpc) is 2.93. The van der Waals surface area contributed by atoms with Crippen molar-refractivity contribution in [3.8, 4) is 0 Å². The maximum atomic E-state index is 6.35. The van der Waals surface area contributed by atoms with Crippen molar-refractivity contribution in [2.75, 3.05) is 0 Å². The highest BCUT2D eigenvalue weighted by molar-refractivity contribution is 7.99. The number of hydrogen-bond acceptors (Lipinski definition) is 2. The molecule has 0 spiro atoms. The van der Waals surface area contributed by atoms with Gasteiger partial charge in [0.1, 0.15) is 0 Å². The summed E-state index contributed by atoms with van der Waals surface area (Å²) in [7, 11) is 0. The Balaban J connectivity index is 1.88. The Labute approximate surface area is 135 Å². The first kappa shape index (κ1) is 15.0. The third kappa shape index (κ3) is 3.28. The molecule has 0 saturated carbocycles. The molecule has 0 saturated heterocycles. The molecule has 1 aliphatic carbocycles. The minimum atomic E-state index is 0.0446. The van der Waals surface area contributed by atoms with E-state index in [2.05, 4.69) is 24.3 Å². The van der Waals surface area contributed by atoms with Gasteiger partial charge in [0.05, 0.1) is 5.25 Å². The number of fused-ring (bicyclic) bond motifs is 1. The molecule has 1 aliphatic rings. The Morgan fingerprint density at radius 1 is 1.10 bits per heavy atom. The molecule has 21 heavy (non-hydrogen) atoms. The maximum Gasteiger partial charge on any atom is 0.0507 e. The van der Waals surface area contributed by atoms with Crippen molar-refractivity contribution in [2.45, 2.75) is 42.4 Å². The van der Waals surface area contributed by atoms with Crippen LogP contribution in [-0.2, 0) is 12.8 Å². The smallest absolute Gasteiger partial charge is 0.0507 e. The molecule has 0 radical (unpaired) electrons. The van der Waals surface area contributed by atoms with Crippen molar-refractivity contribution in [1.82, 2.24) is 0 Å². The van der Waals surface area contributed by atoms with Crippen LogP contribution in [0, 0.1) is 0 Å². The lowest BCUT2D eigenvalue weighted by atomic mass is 10.1. The summed E-state index contributed by atoms with van der Waals surface area (Å²) in [5.41, 5.74) is 10.4.